The van der Waals surface area contributed by atoms with Crippen LogP contribution in [0.25, 0.3) is 0 Å². The number of pyridine rings is 1. The molecule has 2 N–H and O–H groups in total. The summed E-state index contributed by atoms with van der Waals surface area (Å²) in [5.74, 6) is -0.331. The van der Waals surface area contributed by atoms with Crippen molar-refractivity contribution in [3.8, 4) is 17.6 Å². The van der Waals surface area contributed by atoms with Gasteiger partial charge in [0.25, 0.3) is 0 Å². The van der Waals surface area contributed by atoms with E-state index in [0.717, 1.165) is 0 Å². The Morgan fingerprint density at radius 2 is 2.14 bits per heavy atom. The fourth-order valence-electron chi connectivity index (χ4n) is 1.87. The Bertz CT molecular complexity index is 765. The minimum atomic E-state index is -0.554. The van der Waals surface area contributed by atoms with E-state index < -0.39 is 5.82 Å². The topological polar surface area (TPSA) is 69.0 Å². The number of aliphatic hydroxyl groups excluding tert-OH is 1. The second-order valence-electron chi connectivity index (χ2n) is 4.47. The van der Waals surface area contributed by atoms with Crippen molar-refractivity contribution in [2.75, 3.05) is 6.61 Å². The molecule has 0 atom stereocenters. The van der Waals surface area contributed by atoms with Crippen LogP contribution in [0.3, 0.4) is 0 Å². The van der Waals surface area contributed by atoms with Crippen LogP contribution in [0.2, 0.25) is 0 Å². The van der Waals surface area contributed by atoms with Gasteiger partial charge >= 0.3 is 0 Å². The van der Waals surface area contributed by atoms with Gasteiger partial charge in [-0.1, -0.05) is 18.3 Å². The molecule has 0 aliphatic heterocycles. The molecule has 1 heterocycles. The molecule has 0 unspecified atom stereocenters. The van der Waals surface area contributed by atoms with E-state index in [1.807, 2.05) is 6.07 Å². The molecular weight excluding hydrogens is 291 g/mol. The molecule has 0 aliphatic rings. The molecule has 0 spiro atoms. The van der Waals surface area contributed by atoms with Crippen molar-refractivity contribution in [3.63, 3.8) is 0 Å². The number of aromatic nitrogens is 1. The van der Waals surface area contributed by atoms with Crippen molar-refractivity contribution in [3.05, 3.63) is 51.5 Å². The van der Waals surface area contributed by atoms with E-state index in [1.165, 1.54) is 12.1 Å². The largest absolute Gasteiger partial charge is 0.453 e. The fraction of sp³-hybridized carbons (Fsp3) is 0.200. The maximum absolute atomic E-state index is 14.0. The standard InChI is InChI=1S/C15H13FN2O2S/c1-9-6-14(11(8-17)15(21)18-9)20-13-3-2-10(4-5-19)7-12(13)16/h2-3,6-7,19H,4-5H2,1H3,(H,18,21). The van der Waals surface area contributed by atoms with Gasteiger partial charge in [0.05, 0.1) is 0 Å². The van der Waals surface area contributed by atoms with Crippen LogP contribution in [0.15, 0.2) is 24.3 Å². The summed E-state index contributed by atoms with van der Waals surface area (Å²) in [7, 11) is 0. The van der Waals surface area contributed by atoms with Gasteiger partial charge in [0.2, 0.25) is 0 Å². The zero-order chi connectivity index (χ0) is 15.4. The van der Waals surface area contributed by atoms with E-state index in [-0.39, 0.29) is 28.3 Å². The Labute approximate surface area is 126 Å². The highest BCUT2D eigenvalue weighted by molar-refractivity contribution is 7.71. The average Bonchev–Trinajstić information content (AvgIpc) is 2.42. The first-order valence-corrected chi connectivity index (χ1v) is 6.67. The van der Waals surface area contributed by atoms with E-state index in [0.29, 0.717) is 17.7 Å². The Morgan fingerprint density at radius 3 is 2.76 bits per heavy atom. The number of hydrogen-bond donors (Lipinski definition) is 2. The fourth-order valence-corrected chi connectivity index (χ4v) is 2.18. The number of H-pyrrole nitrogens is 1. The number of halogens is 1. The number of rotatable bonds is 4. The molecule has 21 heavy (non-hydrogen) atoms. The van der Waals surface area contributed by atoms with E-state index in [2.05, 4.69) is 4.98 Å². The van der Waals surface area contributed by atoms with Gasteiger partial charge in [-0.3, -0.25) is 0 Å². The summed E-state index contributed by atoms with van der Waals surface area (Å²) >= 11 is 5.05. The predicted octanol–water partition coefficient (Wildman–Crippen LogP) is 3.39. The van der Waals surface area contributed by atoms with Crippen molar-refractivity contribution >= 4 is 12.2 Å². The molecule has 0 saturated heterocycles. The molecule has 0 radical (unpaired) electrons. The number of nitrogens with one attached hydrogen (secondary N) is 1. The van der Waals surface area contributed by atoms with E-state index >= 15 is 0 Å². The van der Waals surface area contributed by atoms with Gasteiger partial charge in [0.1, 0.15) is 22.0 Å². The maximum Gasteiger partial charge on any atom is 0.165 e. The minimum Gasteiger partial charge on any atom is -0.453 e. The lowest BCUT2D eigenvalue weighted by Crippen LogP contribution is -1.97. The Hall–Kier alpha value is -2.23. The molecule has 0 fully saturated rings. The van der Waals surface area contributed by atoms with Gasteiger partial charge in [-0.2, -0.15) is 5.26 Å². The third-order valence-corrected chi connectivity index (χ3v) is 3.17. The first-order chi connectivity index (χ1) is 10.0. The quantitative estimate of drug-likeness (QED) is 0.850. The van der Waals surface area contributed by atoms with E-state index in [1.54, 1.807) is 19.1 Å². The Balaban J connectivity index is 2.39. The molecule has 0 bridgehead atoms. The minimum absolute atomic E-state index is 0.00758. The summed E-state index contributed by atoms with van der Waals surface area (Å²) in [5, 5.41) is 18.0. The Morgan fingerprint density at radius 1 is 1.38 bits per heavy atom. The first-order valence-electron chi connectivity index (χ1n) is 6.26. The normalized spacial score (nSPS) is 10.2. The summed E-state index contributed by atoms with van der Waals surface area (Å²) in [4.78, 5) is 2.85. The smallest absolute Gasteiger partial charge is 0.165 e. The van der Waals surface area contributed by atoms with Crippen LogP contribution in [-0.4, -0.2) is 16.7 Å². The third-order valence-electron chi connectivity index (χ3n) is 2.86. The number of nitriles is 1. The lowest BCUT2D eigenvalue weighted by Gasteiger charge is -2.10. The van der Waals surface area contributed by atoms with E-state index in [9.17, 15) is 4.39 Å². The monoisotopic (exact) mass is 304 g/mol. The van der Waals surface area contributed by atoms with Crippen LogP contribution in [0, 0.1) is 28.7 Å². The predicted molar refractivity (Wildman–Crippen MR) is 78.3 cm³/mol. The summed E-state index contributed by atoms with van der Waals surface area (Å²) < 4.78 is 19.7. The molecule has 1 aromatic carbocycles. The molecule has 0 amide bonds. The second kappa shape index (κ2) is 6.48. The first kappa shape index (κ1) is 15.2. The summed E-state index contributed by atoms with van der Waals surface area (Å²) in [6.07, 6.45) is 0.371. The van der Waals surface area contributed by atoms with Gasteiger partial charge in [0, 0.05) is 18.4 Å². The van der Waals surface area contributed by atoms with Gasteiger partial charge < -0.3 is 14.8 Å². The number of aromatic amines is 1. The molecule has 0 saturated carbocycles. The summed E-state index contributed by atoms with van der Waals surface area (Å²) in [5.41, 5.74) is 1.55. The van der Waals surface area contributed by atoms with Crippen molar-refractivity contribution in [2.45, 2.75) is 13.3 Å². The van der Waals surface area contributed by atoms with Crippen molar-refractivity contribution < 1.29 is 14.2 Å². The van der Waals surface area contributed by atoms with E-state index in [4.69, 9.17) is 27.3 Å². The maximum atomic E-state index is 14.0. The van der Waals surface area contributed by atoms with Crippen molar-refractivity contribution in [1.29, 1.82) is 5.26 Å². The molecule has 0 aliphatic carbocycles. The number of aliphatic hydroxyl groups is 1. The van der Waals surface area contributed by atoms with Crippen LogP contribution in [0.4, 0.5) is 4.39 Å². The number of ether oxygens (including phenoxy) is 1. The third kappa shape index (κ3) is 3.45. The van der Waals surface area contributed by atoms with Crippen LogP contribution in [0.1, 0.15) is 16.8 Å². The number of nitrogens with zero attached hydrogens (tertiary/aromatic N) is 1. The molecular formula is C15H13FN2O2S. The van der Waals surface area contributed by atoms with Gasteiger partial charge in [0.15, 0.2) is 11.6 Å². The molecule has 108 valence electrons. The lowest BCUT2D eigenvalue weighted by atomic mass is 10.1. The SMILES string of the molecule is Cc1cc(Oc2ccc(CCO)cc2F)c(C#N)c(=S)[nH]1. The highest BCUT2D eigenvalue weighted by Crippen LogP contribution is 2.28. The number of hydrogen-bond acceptors (Lipinski definition) is 4. The zero-order valence-corrected chi connectivity index (χ0v) is 12.1. The summed E-state index contributed by atoms with van der Waals surface area (Å²) in [6.45, 7) is 1.72. The van der Waals surface area contributed by atoms with Crippen LogP contribution < -0.4 is 4.74 Å². The molecule has 1 aromatic heterocycles. The van der Waals surface area contributed by atoms with Crippen LogP contribution >= 0.6 is 12.2 Å². The van der Waals surface area contributed by atoms with Crippen molar-refractivity contribution in [2.24, 2.45) is 0 Å². The lowest BCUT2D eigenvalue weighted by molar-refractivity contribution is 0.299. The van der Waals surface area contributed by atoms with Crippen LogP contribution in [0.5, 0.6) is 11.5 Å². The second-order valence-corrected chi connectivity index (χ2v) is 4.88. The summed E-state index contributed by atoms with van der Waals surface area (Å²) in [6, 6.07) is 7.97. The van der Waals surface area contributed by atoms with Gasteiger partial charge in [-0.25, -0.2) is 4.39 Å². The molecule has 4 nitrogen and oxygen atoms in total. The molecule has 2 rings (SSSR count). The van der Waals surface area contributed by atoms with Crippen LogP contribution in [-0.2, 0) is 6.42 Å². The zero-order valence-electron chi connectivity index (χ0n) is 11.3. The van der Waals surface area contributed by atoms with Gasteiger partial charge in [-0.05, 0) is 31.0 Å². The number of benzene rings is 1. The van der Waals surface area contributed by atoms with Gasteiger partial charge in [-0.15, -0.1) is 0 Å². The average molecular weight is 304 g/mol. The molecule has 2 aromatic rings. The highest BCUT2D eigenvalue weighted by atomic mass is 32.1. The van der Waals surface area contributed by atoms with Crippen molar-refractivity contribution in [1.82, 2.24) is 4.98 Å². The highest BCUT2D eigenvalue weighted by Gasteiger charge is 2.11. The molecule has 6 heteroatoms. The number of aryl methyl sites for hydroxylation is 1. The Kier molecular flexibility index (Phi) is 4.68.